The maximum atomic E-state index is 5.82. The number of aromatic nitrogens is 4. The highest BCUT2D eigenvalue weighted by atomic mass is 32.2. The van der Waals surface area contributed by atoms with Gasteiger partial charge in [-0.15, -0.1) is 0 Å². The molecule has 0 aliphatic heterocycles. The van der Waals surface area contributed by atoms with Crippen LogP contribution in [0.2, 0.25) is 0 Å². The molecule has 0 saturated carbocycles. The van der Waals surface area contributed by atoms with Gasteiger partial charge in [0.1, 0.15) is 5.76 Å². The van der Waals surface area contributed by atoms with Gasteiger partial charge in [0.15, 0.2) is 5.16 Å². The highest BCUT2D eigenvalue weighted by molar-refractivity contribution is 7.98. The molecule has 0 N–H and O–H groups in total. The summed E-state index contributed by atoms with van der Waals surface area (Å²) in [6, 6.07) is 5.92. The van der Waals surface area contributed by atoms with E-state index in [4.69, 9.17) is 4.42 Å². The zero-order valence-corrected chi connectivity index (χ0v) is 14.4. The van der Waals surface area contributed by atoms with Gasteiger partial charge in [-0.25, -0.2) is 9.97 Å². The molecule has 0 saturated heterocycles. The molecule has 0 fully saturated rings. The fourth-order valence-corrected chi connectivity index (χ4v) is 2.88. The summed E-state index contributed by atoms with van der Waals surface area (Å²) < 4.78 is 7.91. The first kappa shape index (κ1) is 15.8. The lowest BCUT2D eigenvalue weighted by atomic mass is 9.94. The Balaban J connectivity index is 1.65. The molecule has 23 heavy (non-hydrogen) atoms. The highest BCUT2D eigenvalue weighted by Gasteiger charge is 2.19. The molecule has 6 heteroatoms. The maximum Gasteiger partial charge on any atom is 0.204 e. The Morgan fingerprint density at radius 2 is 2.00 bits per heavy atom. The summed E-state index contributed by atoms with van der Waals surface area (Å²) >= 11 is 1.62. The van der Waals surface area contributed by atoms with Gasteiger partial charge in [0, 0.05) is 24.0 Å². The van der Waals surface area contributed by atoms with Crippen LogP contribution in [-0.4, -0.2) is 19.5 Å². The number of imidazole rings is 1. The van der Waals surface area contributed by atoms with Gasteiger partial charge < -0.3 is 8.98 Å². The van der Waals surface area contributed by atoms with Gasteiger partial charge in [-0.3, -0.25) is 4.98 Å². The molecule has 3 aromatic heterocycles. The fourth-order valence-electron chi connectivity index (χ4n) is 2.07. The normalized spacial score (nSPS) is 11.8. The molecule has 3 rings (SSSR count). The Bertz CT molecular complexity index is 758. The Morgan fingerprint density at radius 1 is 1.13 bits per heavy atom. The van der Waals surface area contributed by atoms with Crippen molar-refractivity contribution in [3.8, 4) is 0 Å². The Kier molecular flexibility index (Phi) is 4.52. The van der Waals surface area contributed by atoms with Crippen LogP contribution in [0.1, 0.15) is 38.1 Å². The van der Waals surface area contributed by atoms with E-state index in [-0.39, 0.29) is 5.41 Å². The molecule has 0 aliphatic rings. The van der Waals surface area contributed by atoms with Crippen LogP contribution in [0.25, 0.3) is 0 Å². The first-order valence-corrected chi connectivity index (χ1v) is 8.50. The van der Waals surface area contributed by atoms with Gasteiger partial charge in [0.05, 0.1) is 24.2 Å². The van der Waals surface area contributed by atoms with E-state index < -0.39 is 0 Å². The van der Waals surface area contributed by atoms with Gasteiger partial charge >= 0.3 is 0 Å². The second-order valence-electron chi connectivity index (χ2n) is 6.32. The molecule has 3 aromatic rings. The molecular formula is C17H20N4OS. The van der Waals surface area contributed by atoms with Crippen LogP contribution in [0.3, 0.4) is 0 Å². The van der Waals surface area contributed by atoms with Crippen LogP contribution in [0.4, 0.5) is 0 Å². The molecule has 0 amide bonds. The van der Waals surface area contributed by atoms with Crippen molar-refractivity contribution in [2.75, 3.05) is 0 Å². The van der Waals surface area contributed by atoms with Gasteiger partial charge in [-0.2, -0.15) is 0 Å². The fraction of sp³-hybridized carbons (Fsp3) is 0.353. The lowest BCUT2D eigenvalue weighted by molar-refractivity contribution is 0.390. The van der Waals surface area contributed by atoms with E-state index in [0.717, 1.165) is 22.5 Å². The molecule has 0 radical (unpaired) electrons. The van der Waals surface area contributed by atoms with E-state index in [1.807, 2.05) is 30.6 Å². The second-order valence-corrected chi connectivity index (χ2v) is 7.26. The lowest BCUT2D eigenvalue weighted by Gasteiger charge is -2.13. The summed E-state index contributed by atoms with van der Waals surface area (Å²) in [5.41, 5.74) is 0.992. The third-order valence-corrected chi connectivity index (χ3v) is 4.34. The first-order chi connectivity index (χ1) is 11.0. The Morgan fingerprint density at radius 3 is 2.70 bits per heavy atom. The summed E-state index contributed by atoms with van der Waals surface area (Å²) in [5, 5.41) is 0.936. The van der Waals surface area contributed by atoms with Crippen LogP contribution >= 0.6 is 11.8 Å². The SMILES string of the molecule is CC(C)(C)c1cnc(CSc2nccn2Cc2ccccn2)o1. The predicted octanol–water partition coefficient (Wildman–Crippen LogP) is 3.90. The zero-order valence-electron chi connectivity index (χ0n) is 13.6. The van der Waals surface area contributed by atoms with Crippen molar-refractivity contribution in [3.05, 3.63) is 60.3 Å². The molecule has 0 bridgehead atoms. The van der Waals surface area contributed by atoms with Gasteiger partial charge in [-0.1, -0.05) is 38.6 Å². The highest BCUT2D eigenvalue weighted by Crippen LogP contribution is 2.26. The molecule has 5 nitrogen and oxygen atoms in total. The van der Waals surface area contributed by atoms with Crippen molar-refractivity contribution in [1.29, 1.82) is 0 Å². The number of oxazole rings is 1. The molecule has 3 heterocycles. The molecule has 0 aliphatic carbocycles. The van der Waals surface area contributed by atoms with Crippen LogP contribution < -0.4 is 0 Å². The maximum absolute atomic E-state index is 5.82. The monoisotopic (exact) mass is 328 g/mol. The minimum Gasteiger partial charge on any atom is -0.444 e. The minimum atomic E-state index is -0.0205. The predicted molar refractivity (Wildman–Crippen MR) is 90.3 cm³/mol. The minimum absolute atomic E-state index is 0.0205. The van der Waals surface area contributed by atoms with Gasteiger partial charge in [0.25, 0.3) is 0 Å². The number of rotatable bonds is 5. The third kappa shape index (κ3) is 4.01. The Hall–Kier alpha value is -2.08. The Labute approximate surface area is 140 Å². The number of hydrogen-bond acceptors (Lipinski definition) is 5. The average molecular weight is 328 g/mol. The smallest absolute Gasteiger partial charge is 0.204 e. The quantitative estimate of drug-likeness (QED) is 0.665. The summed E-state index contributed by atoms with van der Waals surface area (Å²) in [6.07, 6.45) is 7.39. The standard InChI is InChI=1S/C17H20N4OS/c1-17(2,3)14-10-20-15(22-14)12-23-16-19-8-9-21(16)11-13-6-4-5-7-18-13/h4-10H,11-12H2,1-3H3. The van der Waals surface area contributed by atoms with E-state index in [9.17, 15) is 0 Å². The lowest BCUT2D eigenvalue weighted by Crippen LogP contribution is -2.09. The van der Waals surface area contributed by atoms with Crippen LogP contribution in [0.5, 0.6) is 0 Å². The second kappa shape index (κ2) is 6.58. The van der Waals surface area contributed by atoms with Crippen molar-refractivity contribution in [2.45, 2.75) is 43.6 Å². The summed E-state index contributed by atoms with van der Waals surface area (Å²) in [5.74, 6) is 2.30. The molecule has 0 spiro atoms. The number of pyridine rings is 1. The third-order valence-electron chi connectivity index (χ3n) is 3.35. The summed E-state index contributed by atoms with van der Waals surface area (Å²) in [6.45, 7) is 7.06. The van der Waals surface area contributed by atoms with Gasteiger partial charge in [-0.05, 0) is 12.1 Å². The largest absolute Gasteiger partial charge is 0.444 e. The van der Waals surface area contributed by atoms with E-state index in [1.165, 1.54) is 0 Å². The molecule has 120 valence electrons. The summed E-state index contributed by atoms with van der Waals surface area (Å²) in [7, 11) is 0. The van der Waals surface area contributed by atoms with Crippen LogP contribution in [-0.2, 0) is 17.7 Å². The van der Waals surface area contributed by atoms with Gasteiger partial charge in [0.2, 0.25) is 5.89 Å². The van der Waals surface area contributed by atoms with E-state index in [2.05, 4.69) is 40.3 Å². The van der Waals surface area contributed by atoms with Crippen molar-refractivity contribution in [3.63, 3.8) is 0 Å². The number of hydrogen-bond donors (Lipinski definition) is 0. The molecule has 0 atom stereocenters. The van der Waals surface area contributed by atoms with E-state index in [1.54, 1.807) is 24.2 Å². The molecule has 0 unspecified atom stereocenters. The molecular weight excluding hydrogens is 308 g/mol. The van der Waals surface area contributed by atoms with Crippen molar-refractivity contribution >= 4 is 11.8 Å². The van der Waals surface area contributed by atoms with E-state index in [0.29, 0.717) is 12.3 Å². The average Bonchev–Trinajstić information content (AvgIpc) is 3.15. The topological polar surface area (TPSA) is 56.7 Å². The molecule has 0 aromatic carbocycles. The zero-order chi connectivity index (χ0) is 16.3. The number of thioether (sulfide) groups is 1. The van der Waals surface area contributed by atoms with Crippen molar-refractivity contribution in [1.82, 2.24) is 19.5 Å². The first-order valence-electron chi connectivity index (χ1n) is 7.51. The van der Waals surface area contributed by atoms with Crippen molar-refractivity contribution < 1.29 is 4.42 Å². The number of nitrogens with zero attached hydrogens (tertiary/aromatic N) is 4. The van der Waals surface area contributed by atoms with Crippen LogP contribution in [0, 0.1) is 0 Å². The van der Waals surface area contributed by atoms with Crippen molar-refractivity contribution in [2.24, 2.45) is 0 Å². The van der Waals surface area contributed by atoms with E-state index >= 15 is 0 Å². The summed E-state index contributed by atoms with van der Waals surface area (Å²) in [4.78, 5) is 13.1. The van der Waals surface area contributed by atoms with Crippen LogP contribution in [0.15, 0.2) is 52.6 Å².